The van der Waals surface area contributed by atoms with Crippen LogP contribution in [0.25, 0.3) is 0 Å². The summed E-state index contributed by atoms with van der Waals surface area (Å²) < 4.78 is 0. The standard InChI is InChI=1S/C18H19ClN4O3/c1-12(24)22-15-6-2-13(3-7-15)17(25)20-10-11-21-18(26)23-16-8-4-14(19)5-9-16/h2-9H,10-11H2,1H3,(H,20,25)(H,22,24)(H2,21,23,26). The Hall–Kier alpha value is -3.06. The normalized spacial score (nSPS) is 9.92. The highest BCUT2D eigenvalue weighted by atomic mass is 35.5. The van der Waals surface area contributed by atoms with E-state index in [0.717, 1.165) is 0 Å². The third-order valence-corrected chi connectivity index (χ3v) is 3.52. The van der Waals surface area contributed by atoms with Gasteiger partial charge in [-0.2, -0.15) is 0 Å². The van der Waals surface area contributed by atoms with E-state index in [1.54, 1.807) is 48.5 Å². The van der Waals surface area contributed by atoms with Gasteiger partial charge < -0.3 is 21.3 Å². The van der Waals surface area contributed by atoms with Crippen LogP contribution in [0.4, 0.5) is 16.2 Å². The van der Waals surface area contributed by atoms with E-state index in [4.69, 9.17) is 11.6 Å². The molecule has 0 saturated heterocycles. The van der Waals surface area contributed by atoms with Crippen LogP contribution >= 0.6 is 11.6 Å². The van der Waals surface area contributed by atoms with Crippen molar-refractivity contribution in [3.05, 3.63) is 59.1 Å². The van der Waals surface area contributed by atoms with Crippen molar-refractivity contribution in [2.75, 3.05) is 23.7 Å². The minimum absolute atomic E-state index is 0.176. The number of carbonyl (C=O) groups is 3. The molecule has 0 aliphatic heterocycles. The lowest BCUT2D eigenvalue weighted by Gasteiger charge is -2.09. The average molecular weight is 375 g/mol. The first-order valence-electron chi connectivity index (χ1n) is 7.90. The number of carbonyl (C=O) groups excluding carboxylic acids is 3. The first-order chi connectivity index (χ1) is 12.4. The Bertz CT molecular complexity index is 776. The number of nitrogens with one attached hydrogen (secondary N) is 4. The second-order valence-corrected chi connectivity index (χ2v) is 5.84. The summed E-state index contributed by atoms with van der Waals surface area (Å²) in [5, 5.41) is 11.2. The molecule has 0 spiro atoms. The third kappa shape index (κ3) is 6.45. The highest BCUT2D eigenvalue weighted by molar-refractivity contribution is 6.30. The van der Waals surface area contributed by atoms with E-state index in [-0.39, 0.29) is 30.9 Å². The molecule has 0 aromatic heterocycles. The molecule has 8 heteroatoms. The predicted octanol–water partition coefficient (Wildman–Crippen LogP) is 2.85. The fraction of sp³-hybridized carbons (Fsp3) is 0.167. The van der Waals surface area contributed by atoms with Gasteiger partial charge in [0.25, 0.3) is 5.91 Å². The first kappa shape index (κ1) is 19.3. The zero-order valence-corrected chi connectivity index (χ0v) is 14.9. The molecule has 0 aliphatic rings. The maximum Gasteiger partial charge on any atom is 0.319 e. The van der Waals surface area contributed by atoms with Gasteiger partial charge in [0.15, 0.2) is 0 Å². The molecule has 0 bridgehead atoms. The Kier molecular flexibility index (Phi) is 6.99. The van der Waals surface area contributed by atoms with Crippen molar-refractivity contribution < 1.29 is 14.4 Å². The van der Waals surface area contributed by atoms with Gasteiger partial charge in [-0.15, -0.1) is 0 Å². The van der Waals surface area contributed by atoms with Gasteiger partial charge in [-0.25, -0.2) is 4.79 Å². The number of amides is 4. The van der Waals surface area contributed by atoms with E-state index < -0.39 is 0 Å². The Morgan fingerprint density at radius 2 is 1.35 bits per heavy atom. The lowest BCUT2D eigenvalue weighted by molar-refractivity contribution is -0.114. The molecule has 2 aromatic rings. The van der Waals surface area contributed by atoms with Gasteiger partial charge in [0.1, 0.15) is 0 Å². The van der Waals surface area contributed by atoms with Crippen LogP contribution in [0.2, 0.25) is 5.02 Å². The second-order valence-electron chi connectivity index (χ2n) is 5.40. The summed E-state index contributed by atoms with van der Waals surface area (Å²) in [6.07, 6.45) is 0. The van der Waals surface area contributed by atoms with Crippen LogP contribution in [0.15, 0.2) is 48.5 Å². The molecule has 4 amide bonds. The van der Waals surface area contributed by atoms with E-state index in [9.17, 15) is 14.4 Å². The van der Waals surface area contributed by atoms with E-state index in [1.807, 2.05) is 0 Å². The highest BCUT2D eigenvalue weighted by Crippen LogP contribution is 2.13. The molecule has 2 aromatic carbocycles. The van der Waals surface area contributed by atoms with Crippen LogP contribution in [0.1, 0.15) is 17.3 Å². The lowest BCUT2D eigenvalue weighted by atomic mass is 10.2. The van der Waals surface area contributed by atoms with E-state index in [2.05, 4.69) is 21.3 Å². The first-order valence-corrected chi connectivity index (χ1v) is 8.28. The molecule has 0 unspecified atom stereocenters. The topological polar surface area (TPSA) is 99.3 Å². The molecule has 0 aliphatic carbocycles. The Morgan fingerprint density at radius 3 is 1.96 bits per heavy atom. The molecule has 7 nitrogen and oxygen atoms in total. The van der Waals surface area contributed by atoms with Crippen LogP contribution in [-0.4, -0.2) is 30.9 Å². The number of hydrogen-bond acceptors (Lipinski definition) is 3. The van der Waals surface area contributed by atoms with Crippen LogP contribution in [-0.2, 0) is 4.79 Å². The smallest absolute Gasteiger partial charge is 0.319 e. The van der Waals surface area contributed by atoms with Crippen LogP contribution in [0.5, 0.6) is 0 Å². The van der Waals surface area contributed by atoms with Crippen LogP contribution in [0.3, 0.4) is 0 Å². The van der Waals surface area contributed by atoms with Crippen molar-refractivity contribution in [2.24, 2.45) is 0 Å². The van der Waals surface area contributed by atoms with E-state index >= 15 is 0 Å². The predicted molar refractivity (Wildman–Crippen MR) is 102 cm³/mol. The molecule has 0 fully saturated rings. The molecule has 4 N–H and O–H groups in total. The molecule has 0 heterocycles. The number of halogens is 1. The summed E-state index contributed by atoms with van der Waals surface area (Å²) >= 11 is 5.77. The molecule has 26 heavy (non-hydrogen) atoms. The SMILES string of the molecule is CC(=O)Nc1ccc(C(=O)NCCNC(=O)Nc2ccc(Cl)cc2)cc1. The molecule has 2 rings (SSSR count). The quantitative estimate of drug-likeness (QED) is 0.585. The van der Waals surface area contributed by atoms with Crippen molar-refractivity contribution in [3.8, 4) is 0 Å². The Labute approximate surface area is 156 Å². The largest absolute Gasteiger partial charge is 0.350 e. The Morgan fingerprint density at radius 1 is 0.808 bits per heavy atom. The molecule has 0 atom stereocenters. The van der Waals surface area contributed by atoms with Gasteiger partial charge in [-0.05, 0) is 48.5 Å². The maximum absolute atomic E-state index is 12.0. The monoisotopic (exact) mass is 374 g/mol. The molecule has 136 valence electrons. The zero-order chi connectivity index (χ0) is 18.9. The minimum atomic E-state index is -0.374. The van der Waals surface area contributed by atoms with Gasteiger partial charge in [0, 0.05) is 42.0 Å². The summed E-state index contributed by atoms with van der Waals surface area (Å²) in [6.45, 7) is 1.96. The van der Waals surface area contributed by atoms with Crippen molar-refractivity contribution in [1.29, 1.82) is 0 Å². The summed E-state index contributed by atoms with van der Waals surface area (Å²) in [6, 6.07) is 12.9. The number of benzene rings is 2. The fourth-order valence-corrected chi connectivity index (χ4v) is 2.20. The van der Waals surface area contributed by atoms with Crippen LogP contribution in [0, 0.1) is 0 Å². The summed E-state index contributed by atoms with van der Waals surface area (Å²) in [7, 11) is 0. The number of rotatable bonds is 6. The van der Waals surface area contributed by atoms with E-state index in [0.29, 0.717) is 22.0 Å². The number of anilines is 2. The summed E-state index contributed by atoms with van der Waals surface area (Å²) in [5.74, 6) is -0.440. The zero-order valence-electron chi connectivity index (χ0n) is 14.1. The number of urea groups is 1. The lowest BCUT2D eigenvalue weighted by Crippen LogP contribution is -2.36. The molecular weight excluding hydrogens is 356 g/mol. The van der Waals surface area contributed by atoms with Gasteiger partial charge in [0.05, 0.1) is 0 Å². The van der Waals surface area contributed by atoms with Gasteiger partial charge in [-0.3, -0.25) is 9.59 Å². The molecular formula is C18H19ClN4O3. The van der Waals surface area contributed by atoms with Gasteiger partial charge in [-0.1, -0.05) is 11.6 Å². The van der Waals surface area contributed by atoms with Gasteiger partial charge >= 0.3 is 6.03 Å². The summed E-state index contributed by atoms with van der Waals surface area (Å²) in [5.41, 5.74) is 1.70. The summed E-state index contributed by atoms with van der Waals surface area (Å²) in [4.78, 5) is 34.7. The molecule has 0 saturated carbocycles. The minimum Gasteiger partial charge on any atom is -0.350 e. The van der Waals surface area contributed by atoms with Crippen molar-refractivity contribution >= 4 is 40.8 Å². The third-order valence-electron chi connectivity index (χ3n) is 3.27. The second kappa shape index (κ2) is 9.43. The van der Waals surface area contributed by atoms with Crippen molar-refractivity contribution in [3.63, 3.8) is 0 Å². The molecule has 0 radical (unpaired) electrons. The number of hydrogen-bond donors (Lipinski definition) is 4. The Balaban J connectivity index is 1.70. The van der Waals surface area contributed by atoms with Crippen molar-refractivity contribution in [1.82, 2.24) is 10.6 Å². The highest BCUT2D eigenvalue weighted by Gasteiger charge is 2.06. The maximum atomic E-state index is 12.0. The fourth-order valence-electron chi connectivity index (χ4n) is 2.07. The average Bonchev–Trinajstić information content (AvgIpc) is 2.60. The van der Waals surface area contributed by atoms with Crippen LogP contribution < -0.4 is 21.3 Å². The van der Waals surface area contributed by atoms with Gasteiger partial charge in [0.2, 0.25) is 5.91 Å². The van der Waals surface area contributed by atoms with Crippen molar-refractivity contribution in [2.45, 2.75) is 6.92 Å². The van der Waals surface area contributed by atoms with E-state index in [1.165, 1.54) is 6.92 Å².